The van der Waals surface area contributed by atoms with Crippen LogP contribution in [0, 0.1) is 0 Å². The van der Waals surface area contributed by atoms with Crippen molar-refractivity contribution in [3.8, 4) is 0 Å². The highest BCUT2D eigenvalue weighted by molar-refractivity contribution is 6.30. The third-order valence-corrected chi connectivity index (χ3v) is 5.46. The minimum Gasteiger partial charge on any atom is -0.339 e. The standard InChI is InChI=1S/C20H31ClN2O/c1-4-13-23(18(5-2)6-3)19-11-14-22(15-12-19)20(24)16-7-9-17(21)10-8-16/h7-10,18-19H,4-6,11-15H2,1-3H3. The molecule has 0 saturated carbocycles. The van der Waals surface area contributed by atoms with Crippen molar-refractivity contribution in [3.05, 3.63) is 34.9 Å². The molecule has 1 fully saturated rings. The minimum absolute atomic E-state index is 0.134. The Bertz CT molecular complexity index is 505. The summed E-state index contributed by atoms with van der Waals surface area (Å²) < 4.78 is 0. The molecule has 0 aromatic heterocycles. The van der Waals surface area contributed by atoms with E-state index in [4.69, 9.17) is 11.6 Å². The Hall–Kier alpha value is -1.06. The molecule has 2 rings (SSSR count). The van der Waals surface area contributed by atoms with Crippen molar-refractivity contribution in [3.63, 3.8) is 0 Å². The topological polar surface area (TPSA) is 23.6 Å². The SMILES string of the molecule is CCCN(C(CC)CC)C1CCN(C(=O)c2ccc(Cl)cc2)CC1. The number of carbonyl (C=O) groups is 1. The summed E-state index contributed by atoms with van der Waals surface area (Å²) in [6, 6.07) is 8.52. The summed E-state index contributed by atoms with van der Waals surface area (Å²) in [7, 11) is 0. The van der Waals surface area contributed by atoms with Crippen molar-refractivity contribution in [2.24, 2.45) is 0 Å². The average molecular weight is 351 g/mol. The number of hydrogen-bond acceptors (Lipinski definition) is 2. The van der Waals surface area contributed by atoms with Crippen LogP contribution in [0.3, 0.4) is 0 Å². The normalized spacial score (nSPS) is 16.2. The minimum atomic E-state index is 0.134. The quantitative estimate of drug-likeness (QED) is 0.702. The van der Waals surface area contributed by atoms with Gasteiger partial charge in [0.15, 0.2) is 0 Å². The number of nitrogens with zero attached hydrogens (tertiary/aromatic N) is 2. The van der Waals surface area contributed by atoms with E-state index in [1.54, 1.807) is 12.1 Å². The van der Waals surface area contributed by atoms with Gasteiger partial charge in [-0.2, -0.15) is 0 Å². The number of hydrogen-bond donors (Lipinski definition) is 0. The first kappa shape index (κ1) is 19.3. The smallest absolute Gasteiger partial charge is 0.253 e. The van der Waals surface area contributed by atoms with Gasteiger partial charge in [0, 0.05) is 35.8 Å². The van der Waals surface area contributed by atoms with Gasteiger partial charge in [-0.3, -0.25) is 9.69 Å². The lowest BCUT2D eigenvalue weighted by molar-refractivity contribution is 0.0516. The Morgan fingerprint density at radius 1 is 1.17 bits per heavy atom. The number of rotatable bonds is 7. The molecule has 1 aliphatic heterocycles. The fourth-order valence-corrected chi connectivity index (χ4v) is 3.98. The zero-order valence-electron chi connectivity index (χ0n) is 15.3. The highest BCUT2D eigenvalue weighted by atomic mass is 35.5. The van der Waals surface area contributed by atoms with Gasteiger partial charge in [-0.05, 0) is 62.9 Å². The van der Waals surface area contributed by atoms with Crippen LogP contribution in [-0.2, 0) is 0 Å². The monoisotopic (exact) mass is 350 g/mol. The first-order chi connectivity index (χ1) is 11.6. The van der Waals surface area contributed by atoms with Crippen LogP contribution in [-0.4, -0.2) is 47.4 Å². The maximum Gasteiger partial charge on any atom is 0.253 e. The third kappa shape index (κ3) is 4.73. The maximum absolute atomic E-state index is 12.6. The van der Waals surface area contributed by atoms with Crippen LogP contribution in [0.25, 0.3) is 0 Å². The van der Waals surface area contributed by atoms with Gasteiger partial charge >= 0.3 is 0 Å². The predicted octanol–water partition coefficient (Wildman–Crippen LogP) is 4.85. The second kappa shape index (κ2) is 9.43. The summed E-state index contributed by atoms with van der Waals surface area (Å²) in [5.41, 5.74) is 0.739. The van der Waals surface area contributed by atoms with Crippen molar-refractivity contribution in [1.29, 1.82) is 0 Å². The van der Waals surface area contributed by atoms with Gasteiger partial charge in [0.05, 0.1) is 0 Å². The van der Waals surface area contributed by atoms with E-state index in [0.29, 0.717) is 17.1 Å². The third-order valence-electron chi connectivity index (χ3n) is 5.21. The highest BCUT2D eigenvalue weighted by Gasteiger charge is 2.29. The molecule has 1 aliphatic rings. The number of piperidine rings is 1. The zero-order valence-corrected chi connectivity index (χ0v) is 16.1. The average Bonchev–Trinajstić information content (AvgIpc) is 2.62. The van der Waals surface area contributed by atoms with Gasteiger partial charge < -0.3 is 4.90 Å². The van der Waals surface area contributed by atoms with Crippen LogP contribution in [0.4, 0.5) is 0 Å². The molecule has 1 amide bonds. The number of halogens is 1. The van der Waals surface area contributed by atoms with Gasteiger partial charge in [0.1, 0.15) is 0 Å². The Balaban J connectivity index is 1.96. The Kier molecular flexibility index (Phi) is 7.57. The molecule has 0 bridgehead atoms. The molecular weight excluding hydrogens is 320 g/mol. The highest BCUT2D eigenvalue weighted by Crippen LogP contribution is 2.23. The van der Waals surface area contributed by atoms with Gasteiger partial charge in [-0.25, -0.2) is 0 Å². The van der Waals surface area contributed by atoms with E-state index < -0.39 is 0 Å². The van der Waals surface area contributed by atoms with Gasteiger partial charge in [-0.1, -0.05) is 32.4 Å². The molecule has 134 valence electrons. The van der Waals surface area contributed by atoms with Crippen molar-refractivity contribution < 1.29 is 4.79 Å². The summed E-state index contributed by atoms with van der Waals surface area (Å²) in [5, 5.41) is 0.672. The van der Waals surface area contributed by atoms with Gasteiger partial charge in [0.25, 0.3) is 5.91 Å². The maximum atomic E-state index is 12.6. The van der Waals surface area contributed by atoms with E-state index in [-0.39, 0.29) is 5.91 Å². The summed E-state index contributed by atoms with van der Waals surface area (Å²) in [4.78, 5) is 17.3. The molecule has 1 saturated heterocycles. The van der Waals surface area contributed by atoms with E-state index in [1.165, 1.54) is 25.8 Å². The van der Waals surface area contributed by atoms with Crippen LogP contribution in [0.1, 0.15) is 63.2 Å². The first-order valence-corrected chi connectivity index (χ1v) is 9.79. The molecule has 1 heterocycles. The number of benzene rings is 1. The van der Waals surface area contributed by atoms with Crippen molar-refractivity contribution in [2.45, 2.75) is 65.0 Å². The fraction of sp³-hybridized carbons (Fsp3) is 0.650. The van der Waals surface area contributed by atoms with Gasteiger partial charge in [0.2, 0.25) is 0 Å². The predicted molar refractivity (Wildman–Crippen MR) is 102 cm³/mol. The van der Waals surface area contributed by atoms with Gasteiger partial charge in [-0.15, -0.1) is 0 Å². The Morgan fingerprint density at radius 2 is 1.75 bits per heavy atom. The molecular formula is C20H31ClN2O. The van der Waals surface area contributed by atoms with Crippen molar-refractivity contribution in [2.75, 3.05) is 19.6 Å². The number of carbonyl (C=O) groups excluding carboxylic acids is 1. The Labute approximate surface area is 152 Å². The second-order valence-electron chi connectivity index (χ2n) is 6.74. The molecule has 0 aliphatic carbocycles. The van der Waals surface area contributed by atoms with Crippen LogP contribution in [0.2, 0.25) is 5.02 Å². The number of likely N-dealkylation sites (tertiary alicyclic amines) is 1. The second-order valence-corrected chi connectivity index (χ2v) is 7.17. The van der Waals surface area contributed by atoms with Crippen LogP contribution in [0.5, 0.6) is 0 Å². The molecule has 0 spiro atoms. The Morgan fingerprint density at radius 3 is 2.25 bits per heavy atom. The fourth-order valence-electron chi connectivity index (χ4n) is 3.85. The van der Waals surface area contributed by atoms with E-state index in [2.05, 4.69) is 25.7 Å². The van der Waals surface area contributed by atoms with E-state index in [0.717, 1.165) is 31.5 Å². The summed E-state index contributed by atoms with van der Waals surface area (Å²) >= 11 is 5.91. The summed E-state index contributed by atoms with van der Waals surface area (Å²) in [5.74, 6) is 0.134. The lowest BCUT2D eigenvalue weighted by atomic mass is 9.98. The van der Waals surface area contributed by atoms with Crippen LogP contribution in [0.15, 0.2) is 24.3 Å². The number of amides is 1. The molecule has 4 heteroatoms. The van der Waals surface area contributed by atoms with Crippen LogP contribution < -0.4 is 0 Å². The lowest BCUT2D eigenvalue weighted by Gasteiger charge is -2.42. The largest absolute Gasteiger partial charge is 0.339 e. The van der Waals surface area contributed by atoms with E-state index in [9.17, 15) is 4.79 Å². The summed E-state index contributed by atoms with van der Waals surface area (Å²) in [6.07, 6.45) is 5.77. The molecule has 1 aromatic rings. The first-order valence-electron chi connectivity index (χ1n) is 9.41. The zero-order chi connectivity index (χ0) is 17.5. The molecule has 0 N–H and O–H groups in total. The lowest BCUT2D eigenvalue weighted by Crippen LogP contribution is -2.50. The summed E-state index contributed by atoms with van der Waals surface area (Å²) in [6.45, 7) is 9.71. The molecule has 0 unspecified atom stereocenters. The molecule has 24 heavy (non-hydrogen) atoms. The van der Waals surface area contributed by atoms with E-state index in [1.807, 2.05) is 17.0 Å². The molecule has 0 atom stereocenters. The molecule has 0 radical (unpaired) electrons. The van der Waals surface area contributed by atoms with Crippen molar-refractivity contribution in [1.82, 2.24) is 9.80 Å². The van der Waals surface area contributed by atoms with E-state index >= 15 is 0 Å². The molecule has 3 nitrogen and oxygen atoms in total. The molecule has 1 aromatic carbocycles. The van der Waals surface area contributed by atoms with Crippen LogP contribution >= 0.6 is 11.6 Å². The van der Waals surface area contributed by atoms with Crippen molar-refractivity contribution >= 4 is 17.5 Å².